The maximum Gasteiger partial charge on any atom is 0.0462 e. The number of rotatable bonds is 10. The van der Waals surface area contributed by atoms with E-state index in [0.717, 1.165) is 19.1 Å². The van der Waals surface area contributed by atoms with Crippen LogP contribution >= 0.6 is 0 Å². The van der Waals surface area contributed by atoms with Gasteiger partial charge in [0.2, 0.25) is 0 Å². The summed E-state index contributed by atoms with van der Waals surface area (Å²) in [5.74, 6) is 0.827. The van der Waals surface area contributed by atoms with Crippen molar-refractivity contribution in [1.82, 2.24) is 5.32 Å². The van der Waals surface area contributed by atoms with Crippen molar-refractivity contribution in [2.75, 3.05) is 20.3 Å². The highest BCUT2D eigenvalue weighted by Gasteiger charge is 2.13. The van der Waals surface area contributed by atoms with Gasteiger partial charge in [-0.05, 0) is 38.6 Å². The topological polar surface area (TPSA) is 21.3 Å². The summed E-state index contributed by atoms with van der Waals surface area (Å²) in [5.41, 5.74) is 0. The second kappa shape index (κ2) is 10.4. The quantitative estimate of drug-likeness (QED) is 0.565. The first-order valence-corrected chi connectivity index (χ1v) is 6.48. The maximum atomic E-state index is 5.07. The van der Waals surface area contributed by atoms with Crippen LogP contribution in [0.4, 0.5) is 0 Å². The molecule has 0 fully saturated rings. The molecule has 0 radical (unpaired) electrons. The van der Waals surface area contributed by atoms with Crippen molar-refractivity contribution >= 4 is 0 Å². The van der Waals surface area contributed by atoms with Gasteiger partial charge < -0.3 is 10.1 Å². The van der Waals surface area contributed by atoms with E-state index in [9.17, 15) is 0 Å². The SMILES string of the molecule is CCCNC(C)C(CC)CCCCOC. The predicted molar refractivity (Wildman–Crippen MR) is 67.3 cm³/mol. The van der Waals surface area contributed by atoms with E-state index in [4.69, 9.17) is 4.74 Å². The normalized spacial score (nSPS) is 15.2. The lowest BCUT2D eigenvalue weighted by Gasteiger charge is -2.23. The third-order valence-corrected chi connectivity index (χ3v) is 3.12. The fraction of sp³-hybridized carbons (Fsp3) is 1.00. The molecule has 0 amide bonds. The summed E-state index contributed by atoms with van der Waals surface area (Å²) in [6.07, 6.45) is 6.34. The van der Waals surface area contributed by atoms with Gasteiger partial charge in [-0.25, -0.2) is 0 Å². The molecule has 15 heavy (non-hydrogen) atoms. The van der Waals surface area contributed by atoms with E-state index in [-0.39, 0.29) is 0 Å². The van der Waals surface area contributed by atoms with Crippen LogP contribution in [0.15, 0.2) is 0 Å². The Balaban J connectivity index is 3.60. The zero-order valence-electron chi connectivity index (χ0n) is 11.0. The molecule has 1 N–H and O–H groups in total. The van der Waals surface area contributed by atoms with E-state index in [2.05, 4.69) is 26.1 Å². The molecular formula is C13H29NO. The lowest BCUT2D eigenvalue weighted by Crippen LogP contribution is -2.33. The number of ether oxygens (including phenoxy) is 1. The lowest BCUT2D eigenvalue weighted by atomic mass is 9.92. The van der Waals surface area contributed by atoms with E-state index in [1.54, 1.807) is 7.11 Å². The molecule has 0 aliphatic carbocycles. The molecule has 2 atom stereocenters. The zero-order valence-corrected chi connectivity index (χ0v) is 11.0. The van der Waals surface area contributed by atoms with Gasteiger partial charge >= 0.3 is 0 Å². The highest BCUT2D eigenvalue weighted by atomic mass is 16.5. The average molecular weight is 215 g/mol. The summed E-state index contributed by atoms with van der Waals surface area (Å²) in [6.45, 7) is 8.90. The highest BCUT2D eigenvalue weighted by Crippen LogP contribution is 2.16. The third-order valence-electron chi connectivity index (χ3n) is 3.12. The molecule has 0 bridgehead atoms. The Hall–Kier alpha value is -0.0800. The van der Waals surface area contributed by atoms with Crippen LogP contribution in [0.5, 0.6) is 0 Å². The van der Waals surface area contributed by atoms with Crippen molar-refractivity contribution in [3.8, 4) is 0 Å². The summed E-state index contributed by atoms with van der Waals surface area (Å²) < 4.78 is 5.07. The van der Waals surface area contributed by atoms with Gasteiger partial charge in [0, 0.05) is 19.8 Å². The molecule has 92 valence electrons. The van der Waals surface area contributed by atoms with Crippen molar-refractivity contribution in [3.63, 3.8) is 0 Å². The van der Waals surface area contributed by atoms with Crippen LogP contribution in [-0.4, -0.2) is 26.3 Å². The van der Waals surface area contributed by atoms with E-state index in [1.807, 2.05) is 0 Å². The second-order valence-corrected chi connectivity index (χ2v) is 4.40. The molecule has 2 unspecified atom stereocenters. The van der Waals surface area contributed by atoms with Crippen LogP contribution in [0.3, 0.4) is 0 Å². The first-order valence-electron chi connectivity index (χ1n) is 6.48. The third kappa shape index (κ3) is 7.80. The minimum Gasteiger partial charge on any atom is -0.385 e. The minimum absolute atomic E-state index is 0.664. The van der Waals surface area contributed by atoms with Crippen molar-refractivity contribution < 1.29 is 4.74 Å². The lowest BCUT2D eigenvalue weighted by molar-refractivity contribution is 0.188. The Kier molecular flexibility index (Phi) is 10.4. The fourth-order valence-corrected chi connectivity index (χ4v) is 2.00. The van der Waals surface area contributed by atoms with Crippen molar-refractivity contribution in [1.29, 1.82) is 0 Å². The summed E-state index contributed by atoms with van der Waals surface area (Å²) in [5, 5.41) is 3.59. The average Bonchev–Trinajstić information content (AvgIpc) is 2.26. The first-order chi connectivity index (χ1) is 7.26. The molecule has 0 spiro atoms. The Bertz CT molecular complexity index is 128. The van der Waals surface area contributed by atoms with Crippen molar-refractivity contribution in [2.45, 2.75) is 58.9 Å². The van der Waals surface area contributed by atoms with E-state index in [1.165, 1.54) is 32.1 Å². The van der Waals surface area contributed by atoms with Crippen molar-refractivity contribution in [3.05, 3.63) is 0 Å². The van der Waals surface area contributed by atoms with Gasteiger partial charge in [0.1, 0.15) is 0 Å². The van der Waals surface area contributed by atoms with Gasteiger partial charge in [-0.2, -0.15) is 0 Å². The first kappa shape index (κ1) is 14.9. The predicted octanol–water partition coefficient (Wildman–Crippen LogP) is 3.22. The van der Waals surface area contributed by atoms with Crippen LogP contribution in [-0.2, 0) is 4.74 Å². The zero-order chi connectivity index (χ0) is 11.5. The number of methoxy groups -OCH3 is 1. The number of unbranched alkanes of at least 4 members (excludes halogenated alkanes) is 1. The van der Waals surface area contributed by atoms with Crippen LogP contribution in [0.1, 0.15) is 52.9 Å². The minimum atomic E-state index is 0.664. The summed E-state index contributed by atoms with van der Waals surface area (Å²) in [4.78, 5) is 0. The van der Waals surface area contributed by atoms with Gasteiger partial charge in [-0.3, -0.25) is 0 Å². The van der Waals surface area contributed by atoms with E-state index < -0.39 is 0 Å². The molecule has 2 heteroatoms. The molecular weight excluding hydrogens is 186 g/mol. The molecule has 0 aromatic heterocycles. The molecule has 2 nitrogen and oxygen atoms in total. The number of hydrogen-bond donors (Lipinski definition) is 1. The fourth-order valence-electron chi connectivity index (χ4n) is 2.00. The summed E-state index contributed by atoms with van der Waals surface area (Å²) >= 11 is 0. The standard InChI is InChI=1S/C13H29NO/c1-5-10-14-12(3)13(6-2)9-7-8-11-15-4/h12-14H,5-11H2,1-4H3. The largest absolute Gasteiger partial charge is 0.385 e. The van der Waals surface area contributed by atoms with Gasteiger partial charge in [-0.1, -0.05) is 26.7 Å². The number of hydrogen-bond acceptors (Lipinski definition) is 2. The van der Waals surface area contributed by atoms with Crippen LogP contribution < -0.4 is 5.32 Å². The highest BCUT2D eigenvalue weighted by molar-refractivity contribution is 4.71. The van der Waals surface area contributed by atoms with Crippen LogP contribution in [0, 0.1) is 5.92 Å². The van der Waals surface area contributed by atoms with E-state index >= 15 is 0 Å². The van der Waals surface area contributed by atoms with Gasteiger partial charge in [0.25, 0.3) is 0 Å². The van der Waals surface area contributed by atoms with Crippen LogP contribution in [0.2, 0.25) is 0 Å². The molecule has 0 rings (SSSR count). The molecule has 0 aliphatic heterocycles. The molecule has 0 heterocycles. The molecule has 0 aromatic carbocycles. The molecule has 0 aliphatic rings. The van der Waals surface area contributed by atoms with Gasteiger partial charge in [0.05, 0.1) is 0 Å². The Morgan fingerprint density at radius 1 is 1.20 bits per heavy atom. The van der Waals surface area contributed by atoms with Crippen LogP contribution in [0.25, 0.3) is 0 Å². The molecule has 0 aromatic rings. The maximum absolute atomic E-state index is 5.07. The molecule has 0 saturated carbocycles. The molecule has 0 saturated heterocycles. The smallest absolute Gasteiger partial charge is 0.0462 e. The van der Waals surface area contributed by atoms with Gasteiger partial charge in [-0.15, -0.1) is 0 Å². The second-order valence-electron chi connectivity index (χ2n) is 4.40. The monoisotopic (exact) mass is 215 g/mol. The van der Waals surface area contributed by atoms with E-state index in [0.29, 0.717) is 6.04 Å². The Labute approximate surface area is 95.8 Å². The van der Waals surface area contributed by atoms with Crippen molar-refractivity contribution in [2.24, 2.45) is 5.92 Å². The number of nitrogens with one attached hydrogen (secondary N) is 1. The Morgan fingerprint density at radius 3 is 2.47 bits per heavy atom. The summed E-state index contributed by atoms with van der Waals surface area (Å²) in [6, 6.07) is 0.664. The van der Waals surface area contributed by atoms with Gasteiger partial charge in [0.15, 0.2) is 0 Å². The summed E-state index contributed by atoms with van der Waals surface area (Å²) in [7, 11) is 1.78. The Morgan fingerprint density at radius 2 is 1.93 bits per heavy atom.